The Hall–Kier alpha value is 0.0300. The van der Waals surface area contributed by atoms with Crippen LogP contribution in [0.1, 0.15) is 6.92 Å². The van der Waals surface area contributed by atoms with Gasteiger partial charge in [-0.3, -0.25) is 0 Å². The maximum Gasteiger partial charge on any atom is 0.450 e. The van der Waals surface area contributed by atoms with Crippen molar-refractivity contribution in [2.75, 3.05) is 6.61 Å². The first-order valence-electron chi connectivity index (χ1n) is 2.38. The smallest absolute Gasteiger partial charge is 0.450 e. The topological polar surface area (TPSA) is 9.23 Å². The normalized spacial score (nSPS) is 11.2. The Morgan fingerprint density at radius 2 is 2.10 bits per heavy atom. The highest BCUT2D eigenvalue weighted by atomic mass is 32.2. The Morgan fingerprint density at radius 3 is 2.40 bits per heavy atom. The van der Waals surface area contributed by atoms with Crippen LogP contribution in [0.5, 0.6) is 0 Å². The second-order valence-electron chi connectivity index (χ2n) is 1.23. The van der Waals surface area contributed by atoms with Crippen molar-refractivity contribution in [1.29, 1.82) is 0 Å². The summed E-state index contributed by atoms with van der Waals surface area (Å²) in [7, 11) is 0. The highest BCUT2D eigenvalue weighted by Crippen LogP contribution is 2.31. The van der Waals surface area contributed by atoms with E-state index in [-0.39, 0.29) is 6.61 Å². The molecule has 0 fully saturated rings. The molecular formula is C4H5F3OS2. The Kier molecular flexibility index (Phi) is 4.04. The molecule has 0 N–H and O–H groups in total. The number of hydrogen-bond acceptors (Lipinski definition) is 3. The quantitative estimate of drug-likeness (QED) is 0.588. The summed E-state index contributed by atoms with van der Waals surface area (Å²) in [6.45, 7) is 1.74. The summed E-state index contributed by atoms with van der Waals surface area (Å²) in [6.07, 6.45) is 0. The molecule has 0 heterocycles. The molecule has 0 aliphatic rings. The highest BCUT2D eigenvalue weighted by molar-refractivity contribution is 8.23. The van der Waals surface area contributed by atoms with Gasteiger partial charge in [0.05, 0.1) is 6.61 Å². The summed E-state index contributed by atoms with van der Waals surface area (Å²) in [5.41, 5.74) is -4.33. The van der Waals surface area contributed by atoms with Crippen molar-refractivity contribution < 1.29 is 17.9 Å². The lowest BCUT2D eigenvalue weighted by molar-refractivity contribution is -0.0318. The molecule has 10 heavy (non-hydrogen) atoms. The molecule has 0 radical (unpaired) electrons. The van der Waals surface area contributed by atoms with Crippen molar-refractivity contribution >= 4 is 28.4 Å². The van der Waals surface area contributed by atoms with Crippen molar-refractivity contribution in [3.8, 4) is 0 Å². The Bertz CT molecular complexity index is 122. The molecule has 0 rings (SSSR count). The molecule has 0 spiro atoms. The first-order chi connectivity index (χ1) is 4.45. The van der Waals surface area contributed by atoms with E-state index in [2.05, 4.69) is 17.0 Å². The van der Waals surface area contributed by atoms with Gasteiger partial charge < -0.3 is 4.74 Å². The lowest BCUT2D eigenvalue weighted by Gasteiger charge is -2.05. The second-order valence-corrected chi connectivity index (χ2v) is 2.90. The van der Waals surface area contributed by atoms with Gasteiger partial charge in [0, 0.05) is 11.8 Å². The number of hydrogen-bond donors (Lipinski definition) is 0. The van der Waals surface area contributed by atoms with Gasteiger partial charge in [-0.1, -0.05) is 0 Å². The molecule has 0 aliphatic carbocycles. The van der Waals surface area contributed by atoms with Gasteiger partial charge in [-0.05, 0) is 19.1 Å². The summed E-state index contributed by atoms with van der Waals surface area (Å²) in [6, 6.07) is 0. The van der Waals surface area contributed by atoms with E-state index >= 15 is 0 Å². The minimum atomic E-state index is -4.33. The van der Waals surface area contributed by atoms with E-state index in [4.69, 9.17) is 0 Å². The molecule has 0 aliphatic heterocycles. The lowest BCUT2D eigenvalue weighted by atomic mass is 10.9. The van der Waals surface area contributed by atoms with E-state index in [1.807, 2.05) is 0 Å². The summed E-state index contributed by atoms with van der Waals surface area (Å²) in [5.74, 6) is 0. The maximum atomic E-state index is 11.4. The van der Waals surface area contributed by atoms with Crippen LogP contribution in [-0.4, -0.2) is 16.5 Å². The van der Waals surface area contributed by atoms with Gasteiger partial charge in [-0.25, -0.2) is 0 Å². The molecule has 0 unspecified atom stereocenters. The first-order valence-corrected chi connectivity index (χ1v) is 3.60. The number of rotatable bonds is 1. The van der Waals surface area contributed by atoms with Gasteiger partial charge >= 0.3 is 5.51 Å². The maximum absolute atomic E-state index is 11.4. The van der Waals surface area contributed by atoms with Crippen LogP contribution in [0.15, 0.2) is 0 Å². The van der Waals surface area contributed by atoms with Crippen LogP contribution in [0, 0.1) is 0 Å². The molecule has 60 valence electrons. The molecule has 0 atom stereocenters. The number of thioether (sulfide) groups is 1. The predicted octanol–water partition coefficient (Wildman–Crippen LogP) is 2.56. The third-order valence-electron chi connectivity index (χ3n) is 0.461. The molecule has 1 nitrogen and oxygen atoms in total. The van der Waals surface area contributed by atoms with Crippen LogP contribution in [0.25, 0.3) is 0 Å². The summed E-state index contributed by atoms with van der Waals surface area (Å²) < 4.78 is 38.2. The van der Waals surface area contributed by atoms with Gasteiger partial charge in [0.1, 0.15) is 0 Å². The fourth-order valence-electron chi connectivity index (χ4n) is 0.242. The van der Waals surface area contributed by atoms with Crippen LogP contribution in [0.4, 0.5) is 13.2 Å². The molecule has 0 saturated heterocycles. The van der Waals surface area contributed by atoms with Gasteiger partial charge in [0.15, 0.2) is 0 Å². The van der Waals surface area contributed by atoms with Crippen molar-refractivity contribution in [2.24, 2.45) is 0 Å². The minimum absolute atomic E-state index is 0.169. The summed E-state index contributed by atoms with van der Waals surface area (Å²) in [4.78, 5) is 0. The van der Waals surface area contributed by atoms with Crippen molar-refractivity contribution in [3.63, 3.8) is 0 Å². The molecule has 0 saturated carbocycles. The number of ether oxygens (including phenoxy) is 1. The highest BCUT2D eigenvalue weighted by Gasteiger charge is 2.31. The third kappa shape index (κ3) is 6.15. The average molecular weight is 190 g/mol. The molecule has 6 heteroatoms. The molecule has 0 amide bonds. The second kappa shape index (κ2) is 4.02. The first kappa shape index (κ1) is 10.0. The van der Waals surface area contributed by atoms with Gasteiger partial charge in [0.2, 0.25) is 4.38 Å². The fraction of sp³-hybridized carbons (Fsp3) is 0.750. The van der Waals surface area contributed by atoms with E-state index in [1.165, 1.54) is 0 Å². The number of thiocarbonyl (C=S) groups is 1. The molecule has 0 aromatic heterocycles. The molecule has 0 bridgehead atoms. The monoisotopic (exact) mass is 190 g/mol. The number of halogens is 3. The molecule has 0 aromatic rings. The van der Waals surface area contributed by atoms with E-state index in [1.54, 1.807) is 6.92 Å². The standard InChI is InChI=1S/C4H5F3OS2/c1-2-8-3(9)10-4(5,6)7/h2H2,1H3. The van der Waals surface area contributed by atoms with E-state index in [0.29, 0.717) is 0 Å². The molecule has 0 aromatic carbocycles. The summed E-state index contributed by atoms with van der Waals surface area (Å²) >= 11 is 3.81. The van der Waals surface area contributed by atoms with Crippen molar-refractivity contribution in [3.05, 3.63) is 0 Å². The average Bonchev–Trinajstić information content (AvgIpc) is 1.59. The van der Waals surface area contributed by atoms with Crippen molar-refractivity contribution in [1.82, 2.24) is 0 Å². The zero-order chi connectivity index (χ0) is 8.20. The van der Waals surface area contributed by atoms with Crippen LogP contribution in [0.3, 0.4) is 0 Å². The van der Waals surface area contributed by atoms with Crippen molar-refractivity contribution in [2.45, 2.75) is 12.4 Å². The van der Waals surface area contributed by atoms with E-state index < -0.39 is 21.7 Å². The largest absolute Gasteiger partial charge is 0.479 e. The van der Waals surface area contributed by atoms with Crippen LogP contribution in [-0.2, 0) is 4.74 Å². The Balaban J connectivity index is 3.58. The number of alkyl halides is 3. The zero-order valence-corrected chi connectivity index (χ0v) is 6.70. The van der Waals surface area contributed by atoms with Crippen LogP contribution < -0.4 is 0 Å². The Morgan fingerprint density at radius 1 is 1.60 bits per heavy atom. The predicted molar refractivity (Wildman–Crippen MR) is 37.9 cm³/mol. The third-order valence-corrected chi connectivity index (χ3v) is 1.35. The van der Waals surface area contributed by atoms with Crippen LogP contribution >= 0.6 is 24.0 Å². The van der Waals surface area contributed by atoms with Crippen LogP contribution in [0.2, 0.25) is 0 Å². The van der Waals surface area contributed by atoms with Gasteiger partial charge in [-0.2, -0.15) is 13.2 Å². The summed E-state index contributed by atoms with van der Waals surface area (Å²) in [5, 5.41) is 0. The fourth-order valence-corrected chi connectivity index (χ4v) is 1.01. The lowest BCUT2D eigenvalue weighted by Crippen LogP contribution is -2.07. The van der Waals surface area contributed by atoms with E-state index in [0.717, 1.165) is 0 Å². The van der Waals surface area contributed by atoms with E-state index in [9.17, 15) is 13.2 Å². The SMILES string of the molecule is CCOC(=S)SC(F)(F)F. The zero-order valence-electron chi connectivity index (χ0n) is 5.07. The molecular weight excluding hydrogens is 185 g/mol. The van der Waals surface area contributed by atoms with Gasteiger partial charge in [-0.15, -0.1) is 0 Å². The Labute approximate surface area is 65.9 Å². The van der Waals surface area contributed by atoms with Gasteiger partial charge in [0.25, 0.3) is 0 Å². The minimum Gasteiger partial charge on any atom is -0.479 e.